The van der Waals surface area contributed by atoms with Crippen LogP contribution in [-0.2, 0) is 9.47 Å². The molecule has 1 aliphatic rings. The van der Waals surface area contributed by atoms with Gasteiger partial charge in [-0.25, -0.2) is 4.79 Å². The van der Waals surface area contributed by atoms with Crippen molar-refractivity contribution in [1.82, 2.24) is 4.90 Å². The Morgan fingerprint density at radius 2 is 2.00 bits per heavy atom. The highest BCUT2D eigenvalue weighted by Gasteiger charge is 2.29. The van der Waals surface area contributed by atoms with Gasteiger partial charge in [0.2, 0.25) is 0 Å². The first kappa shape index (κ1) is 17.2. The second-order valence-electron chi connectivity index (χ2n) is 5.24. The van der Waals surface area contributed by atoms with Gasteiger partial charge in [-0.15, -0.1) is 0 Å². The average molecular weight is 261 g/mol. The van der Waals surface area contributed by atoms with E-state index < -0.39 is 5.60 Å². The molecule has 0 aromatic rings. The Bertz CT molecular complexity index is 238. The number of hydrogen-bond acceptors (Lipinski definition) is 4. The fourth-order valence-electron chi connectivity index (χ4n) is 1.75. The van der Waals surface area contributed by atoms with E-state index in [-0.39, 0.29) is 6.09 Å². The van der Waals surface area contributed by atoms with Crippen molar-refractivity contribution in [3.8, 4) is 0 Å². The molecule has 5 heteroatoms. The van der Waals surface area contributed by atoms with Gasteiger partial charge in [0.15, 0.2) is 0 Å². The van der Waals surface area contributed by atoms with Crippen LogP contribution in [0.3, 0.4) is 0 Å². The summed E-state index contributed by atoms with van der Waals surface area (Å²) in [5.74, 6) is 0.465. The molecule has 0 aromatic carbocycles. The minimum absolute atomic E-state index is 0.202. The number of aliphatic hydroxyl groups excluding tert-OH is 1. The van der Waals surface area contributed by atoms with Gasteiger partial charge >= 0.3 is 6.09 Å². The molecule has 1 aliphatic heterocycles. The molecule has 1 unspecified atom stereocenters. The van der Waals surface area contributed by atoms with Crippen LogP contribution in [0.1, 0.15) is 34.1 Å². The summed E-state index contributed by atoms with van der Waals surface area (Å²) in [7, 11) is 1.00. The highest BCUT2D eigenvalue weighted by atomic mass is 16.6. The normalized spacial score (nSPS) is 19.2. The van der Waals surface area contributed by atoms with Crippen LogP contribution in [0.4, 0.5) is 4.79 Å². The maximum Gasteiger partial charge on any atom is 0.410 e. The van der Waals surface area contributed by atoms with Crippen molar-refractivity contribution in [2.45, 2.75) is 39.7 Å². The second kappa shape index (κ2) is 8.32. The van der Waals surface area contributed by atoms with Crippen molar-refractivity contribution in [2.75, 3.05) is 33.4 Å². The Morgan fingerprint density at radius 3 is 2.50 bits per heavy atom. The number of amides is 1. The topological polar surface area (TPSA) is 59.0 Å². The molecule has 5 nitrogen and oxygen atoms in total. The Balaban J connectivity index is 0.00000137. The Morgan fingerprint density at radius 1 is 1.39 bits per heavy atom. The quantitative estimate of drug-likeness (QED) is 0.843. The molecular weight excluding hydrogens is 234 g/mol. The molecule has 1 amide bonds. The molecular formula is C13H27NO4. The van der Waals surface area contributed by atoms with E-state index in [0.717, 1.165) is 39.8 Å². The first-order valence-electron chi connectivity index (χ1n) is 6.42. The summed E-state index contributed by atoms with van der Waals surface area (Å²) in [6, 6.07) is 0. The molecule has 1 saturated heterocycles. The number of carbonyl (C=O) groups is 1. The second-order valence-corrected chi connectivity index (χ2v) is 5.24. The van der Waals surface area contributed by atoms with Crippen molar-refractivity contribution in [2.24, 2.45) is 5.92 Å². The van der Waals surface area contributed by atoms with E-state index in [0.29, 0.717) is 5.92 Å². The predicted molar refractivity (Wildman–Crippen MR) is 70.5 cm³/mol. The number of likely N-dealkylation sites (tertiary alicyclic amines) is 1. The molecule has 1 atom stereocenters. The average Bonchev–Trinajstić information content (AvgIpc) is 2.75. The van der Waals surface area contributed by atoms with E-state index >= 15 is 0 Å². The van der Waals surface area contributed by atoms with Gasteiger partial charge in [0, 0.05) is 32.7 Å². The summed E-state index contributed by atoms with van der Waals surface area (Å²) in [4.78, 5) is 13.5. The summed E-state index contributed by atoms with van der Waals surface area (Å²) in [5.41, 5.74) is -0.408. The highest BCUT2D eigenvalue weighted by molar-refractivity contribution is 5.68. The Kier molecular flexibility index (Phi) is 7.95. The predicted octanol–water partition coefficient (Wildman–Crippen LogP) is 1.89. The van der Waals surface area contributed by atoms with E-state index in [2.05, 4.69) is 0 Å². The van der Waals surface area contributed by atoms with Crippen LogP contribution in [-0.4, -0.2) is 55.1 Å². The minimum Gasteiger partial charge on any atom is -0.444 e. The van der Waals surface area contributed by atoms with E-state index in [1.165, 1.54) is 0 Å². The first-order chi connectivity index (χ1) is 8.42. The number of rotatable bonds is 3. The zero-order chi connectivity index (χ0) is 14.2. The van der Waals surface area contributed by atoms with Gasteiger partial charge in [-0.05, 0) is 34.1 Å². The van der Waals surface area contributed by atoms with Gasteiger partial charge in [0.05, 0.1) is 6.61 Å². The van der Waals surface area contributed by atoms with Crippen molar-refractivity contribution in [3.05, 3.63) is 0 Å². The van der Waals surface area contributed by atoms with E-state index in [9.17, 15) is 4.79 Å². The lowest BCUT2D eigenvalue weighted by Gasteiger charge is -2.24. The van der Waals surface area contributed by atoms with Gasteiger partial charge in [-0.3, -0.25) is 0 Å². The van der Waals surface area contributed by atoms with Crippen molar-refractivity contribution < 1.29 is 19.4 Å². The van der Waals surface area contributed by atoms with Gasteiger partial charge in [0.1, 0.15) is 5.60 Å². The number of nitrogens with zero attached hydrogens (tertiary/aromatic N) is 1. The third kappa shape index (κ3) is 6.81. The summed E-state index contributed by atoms with van der Waals surface area (Å²) < 4.78 is 10.7. The summed E-state index contributed by atoms with van der Waals surface area (Å²) in [5, 5.41) is 7.00. The maximum atomic E-state index is 11.7. The zero-order valence-electron chi connectivity index (χ0n) is 12.2. The lowest BCUT2D eigenvalue weighted by molar-refractivity contribution is 0.0276. The number of hydrogen-bond donors (Lipinski definition) is 1. The third-order valence-electron chi connectivity index (χ3n) is 2.50. The fourth-order valence-corrected chi connectivity index (χ4v) is 1.75. The number of carbonyl (C=O) groups excluding carboxylic acids is 1. The Hall–Kier alpha value is -0.810. The van der Waals surface area contributed by atoms with E-state index in [4.69, 9.17) is 14.6 Å². The van der Waals surface area contributed by atoms with Crippen LogP contribution < -0.4 is 0 Å². The standard InChI is InChI=1S/C12H23NO3.CH4O/c1-5-15-9-10-6-7-13(8-10)11(14)16-12(2,3)4;1-2/h10H,5-9H2,1-4H3;2H,1H3. The Labute approximate surface area is 110 Å². The summed E-state index contributed by atoms with van der Waals surface area (Å²) in [6.07, 6.45) is 0.811. The third-order valence-corrected chi connectivity index (χ3v) is 2.50. The first-order valence-corrected chi connectivity index (χ1v) is 6.42. The lowest BCUT2D eigenvalue weighted by atomic mass is 10.1. The molecule has 0 radical (unpaired) electrons. The van der Waals surface area contributed by atoms with Gasteiger partial charge in [0.25, 0.3) is 0 Å². The van der Waals surface area contributed by atoms with Crippen molar-refractivity contribution in [1.29, 1.82) is 0 Å². The summed E-state index contributed by atoms with van der Waals surface area (Å²) >= 11 is 0. The minimum atomic E-state index is -0.408. The van der Waals surface area contributed by atoms with Crippen molar-refractivity contribution in [3.63, 3.8) is 0 Å². The van der Waals surface area contributed by atoms with E-state index in [1.807, 2.05) is 27.7 Å². The summed E-state index contributed by atoms with van der Waals surface area (Å²) in [6.45, 7) is 10.7. The molecule has 108 valence electrons. The van der Waals surface area contributed by atoms with Gasteiger partial charge < -0.3 is 19.5 Å². The number of aliphatic hydroxyl groups is 1. The molecule has 0 spiro atoms. The fraction of sp³-hybridized carbons (Fsp3) is 0.923. The van der Waals surface area contributed by atoms with Crippen molar-refractivity contribution >= 4 is 6.09 Å². The molecule has 18 heavy (non-hydrogen) atoms. The molecule has 0 aliphatic carbocycles. The van der Waals surface area contributed by atoms with Gasteiger partial charge in [-0.2, -0.15) is 0 Å². The molecule has 0 aromatic heterocycles. The maximum absolute atomic E-state index is 11.7. The molecule has 1 rings (SSSR count). The monoisotopic (exact) mass is 261 g/mol. The van der Waals surface area contributed by atoms with Crippen LogP contribution in [0.5, 0.6) is 0 Å². The molecule has 1 fully saturated rings. The van der Waals surface area contributed by atoms with Crippen LogP contribution in [0.15, 0.2) is 0 Å². The molecule has 0 bridgehead atoms. The van der Waals surface area contributed by atoms with Crippen LogP contribution in [0.2, 0.25) is 0 Å². The van der Waals surface area contributed by atoms with Crippen LogP contribution in [0, 0.1) is 5.92 Å². The van der Waals surface area contributed by atoms with Crippen LogP contribution >= 0.6 is 0 Å². The van der Waals surface area contributed by atoms with Crippen LogP contribution in [0.25, 0.3) is 0 Å². The highest BCUT2D eigenvalue weighted by Crippen LogP contribution is 2.19. The SMILES string of the molecule is CCOCC1CCN(C(=O)OC(C)(C)C)C1.CO. The lowest BCUT2D eigenvalue weighted by Crippen LogP contribution is -2.35. The zero-order valence-corrected chi connectivity index (χ0v) is 12.2. The number of ether oxygens (including phenoxy) is 2. The smallest absolute Gasteiger partial charge is 0.410 e. The molecule has 1 N–H and O–H groups in total. The molecule has 0 saturated carbocycles. The largest absolute Gasteiger partial charge is 0.444 e. The van der Waals surface area contributed by atoms with Gasteiger partial charge in [-0.1, -0.05) is 0 Å². The molecule has 1 heterocycles. The van der Waals surface area contributed by atoms with E-state index in [1.54, 1.807) is 4.90 Å².